The molecule has 2 atom stereocenters. The van der Waals surface area contributed by atoms with Gasteiger partial charge in [0.2, 0.25) is 0 Å². The van der Waals surface area contributed by atoms with Gasteiger partial charge in [0.1, 0.15) is 12.6 Å². The Kier molecular flexibility index (Phi) is 2.37. The number of allylic oxidation sites excluding steroid dienone is 2. The summed E-state index contributed by atoms with van der Waals surface area (Å²) >= 11 is 0. The Balaban J connectivity index is 2.61. The molecule has 0 unspecified atom stereocenters. The van der Waals surface area contributed by atoms with Crippen molar-refractivity contribution in [2.45, 2.75) is 12.8 Å². The Morgan fingerprint density at radius 3 is 1.70 bits per heavy atom. The van der Waals surface area contributed by atoms with Crippen molar-refractivity contribution in [2.75, 3.05) is 0 Å². The summed E-state index contributed by atoms with van der Waals surface area (Å²) in [5.41, 5.74) is 0. The van der Waals surface area contributed by atoms with Crippen LogP contribution in [0.5, 0.6) is 0 Å². The quantitative estimate of drug-likeness (QED) is 0.421. The van der Waals surface area contributed by atoms with Gasteiger partial charge in [-0.3, -0.25) is 0 Å². The fourth-order valence-corrected chi connectivity index (χ4v) is 1.17. The maximum absolute atomic E-state index is 10.3. The lowest BCUT2D eigenvalue weighted by atomic mass is 9.85. The maximum Gasteiger partial charge on any atom is 0.124 e. The van der Waals surface area contributed by atoms with Crippen LogP contribution in [0.3, 0.4) is 0 Å². The summed E-state index contributed by atoms with van der Waals surface area (Å²) in [7, 11) is 0. The lowest BCUT2D eigenvalue weighted by molar-refractivity contribution is -0.119. The first-order valence-electron chi connectivity index (χ1n) is 3.44. The molecule has 0 saturated heterocycles. The SMILES string of the molecule is O=C[C@@H]1CC=CC[C@H]1C=O. The van der Waals surface area contributed by atoms with Crippen LogP contribution in [0.4, 0.5) is 0 Å². The van der Waals surface area contributed by atoms with Crippen molar-refractivity contribution in [3.05, 3.63) is 12.2 Å². The predicted octanol–water partition coefficient (Wildman–Crippen LogP) is 0.967. The van der Waals surface area contributed by atoms with E-state index in [-0.39, 0.29) is 11.8 Å². The fourth-order valence-electron chi connectivity index (χ4n) is 1.17. The number of rotatable bonds is 2. The van der Waals surface area contributed by atoms with Crippen molar-refractivity contribution in [1.82, 2.24) is 0 Å². The highest BCUT2D eigenvalue weighted by atomic mass is 16.1. The average Bonchev–Trinajstić information content (AvgIpc) is 2.04. The Bertz CT molecular complexity index is 143. The monoisotopic (exact) mass is 138 g/mol. The highest BCUT2D eigenvalue weighted by Crippen LogP contribution is 2.21. The van der Waals surface area contributed by atoms with E-state index in [2.05, 4.69) is 0 Å². The summed E-state index contributed by atoms with van der Waals surface area (Å²) in [4.78, 5) is 20.7. The van der Waals surface area contributed by atoms with Crippen LogP contribution in [0.2, 0.25) is 0 Å². The summed E-state index contributed by atoms with van der Waals surface area (Å²) < 4.78 is 0. The van der Waals surface area contributed by atoms with Crippen LogP contribution in [-0.4, -0.2) is 12.6 Å². The molecule has 0 aliphatic heterocycles. The van der Waals surface area contributed by atoms with Gasteiger partial charge in [0, 0.05) is 11.8 Å². The highest BCUT2D eigenvalue weighted by molar-refractivity contribution is 5.65. The van der Waals surface area contributed by atoms with Crippen LogP contribution < -0.4 is 0 Å². The van der Waals surface area contributed by atoms with Gasteiger partial charge in [-0.1, -0.05) is 12.2 Å². The first-order valence-corrected chi connectivity index (χ1v) is 3.44. The fraction of sp³-hybridized carbons (Fsp3) is 0.500. The van der Waals surface area contributed by atoms with Gasteiger partial charge in [-0.25, -0.2) is 0 Å². The lowest BCUT2D eigenvalue weighted by Crippen LogP contribution is -2.18. The van der Waals surface area contributed by atoms with Crippen LogP contribution in [0, 0.1) is 11.8 Å². The molecule has 0 radical (unpaired) electrons. The Morgan fingerprint density at radius 1 is 1.00 bits per heavy atom. The molecule has 0 heterocycles. The summed E-state index contributed by atoms with van der Waals surface area (Å²) in [5.74, 6) is -0.134. The van der Waals surface area contributed by atoms with Gasteiger partial charge < -0.3 is 9.59 Å². The molecule has 0 saturated carbocycles. The van der Waals surface area contributed by atoms with E-state index in [1.165, 1.54) is 0 Å². The molecule has 2 heteroatoms. The number of carbonyl (C=O) groups is 2. The molecule has 1 aliphatic rings. The second kappa shape index (κ2) is 3.30. The minimum atomic E-state index is -0.0671. The van der Waals surface area contributed by atoms with E-state index in [9.17, 15) is 9.59 Å². The minimum absolute atomic E-state index is 0.0671. The normalized spacial score (nSPS) is 31.6. The van der Waals surface area contributed by atoms with Gasteiger partial charge in [-0.05, 0) is 12.8 Å². The Labute approximate surface area is 59.9 Å². The molecule has 2 nitrogen and oxygen atoms in total. The molecule has 1 aliphatic carbocycles. The third-order valence-electron chi connectivity index (χ3n) is 1.88. The van der Waals surface area contributed by atoms with E-state index >= 15 is 0 Å². The van der Waals surface area contributed by atoms with Crippen molar-refractivity contribution in [1.29, 1.82) is 0 Å². The average molecular weight is 138 g/mol. The molecule has 1 rings (SSSR count). The molecule has 0 aromatic carbocycles. The lowest BCUT2D eigenvalue weighted by Gasteiger charge is -2.17. The van der Waals surface area contributed by atoms with Gasteiger partial charge >= 0.3 is 0 Å². The number of hydrogen-bond acceptors (Lipinski definition) is 2. The molecule has 0 spiro atoms. The van der Waals surface area contributed by atoms with E-state index in [1.807, 2.05) is 12.2 Å². The van der Waals surface area contributed by atoms with E-state index in [0.29, 0.717) is 0 Å². The van der Waals surface area contributed by atoms with Crippen LogP contribution in [0.25, 0.3) is 0 Å². The van der Waals surface area contributed by atoms with Crippen LogP contribution in [0.15, 0.2) is 12.2 Å². The van der Waals surface area contributed by atoms with E-state index in [0.717, 1.165) is 25.4 Å². The van der Waals surface area contributed by atoms with Gasteiger partial charge in [0.15, 0.2) is 0 Å². The highest BCUT2D eigenvalue weighted by Gasteiger charge is 2.20. The molecular weight excluding hydrogens is 128 g/mol. The molecule has 10 heavy (non-hydrogen) atoms. The third kappa shape index (κ3) is 1.32. The molecule has 0 aromatic heterocycles. The standard InChI is InChI=1S/C8H10O2/c9-5-7-3-1-2-4-8(7)6-10/h1-2,5-8H,3-4H2/t7-,8-/m0/s1. The minimum Gasteiger partial charge on any atom is -0.303 e. The van der Waals surface area contributed by atoms with Gasteiger partial charge in [0.05, 0.1) is 0 Å². The summed E-state index contributed by atoms with van der Waals surface area (Å²) in [6, 6.07) is 0. The summed E-state index contributed by atoms with van der Waals surface area (Å²) in [6.45, 7) is 0. The number of hydrogen-bond donors (Lipinski definition) is 0. The van der Waals surface area contributed by atoms with Gasteiger partial charge in [-0.15, -0.1) is 0 Å². The molecule has 0 amide bonds. The van der Waals surface area contributed by atoms with Crippen molar-refractivity contribution in [3.63, 3.8) is 0 Å². The first-order chi connectivity index (χ1) is 4.88. The zero-order valence-electron chi connectivity index (χ0n) is 5.69. The number of aldehydes is 2. The van der Waals surface area contributed by atoms with Crippen molar-refractivity contribution >= 4 is 12.6 Å². The van der Waals surface area contributed by atoms with E-state index in [1.54, 1.807) is 0 Å². The summed E-state index contributed by atoms with van der Waals surface area (Å²) in [6.07, 6.45) is 7.13. The largest absolute Gasteiger partial charge is 0.303 e. The Morgan fingerprint density at radius 2 is 1.40 bits per heavy atom. The molecule has 0 bridgehead atoms. The molecule has 0 aromatic rings. The Hall–Kier alpha value is -0.920. The van der Waals surface area contributed by atoms with Crippen molar-refractivity contribution in [2.24, 2.45) is 11.8 Å². The van der Waals surface area contributed by atoms with Crippen molar-refractivity contribution < 1.29 is 9.59 Å². The molecule has 0 N–H and O–H groups in total. The smallest absolute Gasteiger partial charge is 0.124 e. The van der Waals surface area contributed by atoms with Crippen LogP contribution >= 0.6 is 0 Å². The van der Waals surface area contributed by atoms with E-state index in [4.69, 9.17) is 0 Å². The maximum atomic E-state index is 10.3. The van der Waals surface area contributed by atoms with Crippen LogP contribution in [-0.2, 0) is 9.59 Å². The van der Waals surface area contributed by atoms with Gasteiger partial charge in [-0.2, -0.15) is 0 Å². The predicted molar refractivity (Wildman–Crippen MR) is 37.5 cm³/mol. The second-order valence-electron chi connectivity index (χ2n) is 2.54. The molecular formula is C8H10O2. The van der Waals surface area contributed by atoms with Crippen LogP contribution in [0.1, 0.15) is 12.8 Å². The third-order valence-corrected chi connectivity index (χ3v) is 1.88. The molecule has 0 fully saturated rings. The first kappa shape index (κ1) is 7.19. The summed E-state index contributed by atoms with van der Waals surface area (Å²) in [5, 5.41) is 0. The zero-order valence-corrected chi connectivity index (χ0v) is 5.69. The zero-order chi connectivity index (χ0) is 7.40. The molecule has 54 valence electrons. The number of carbonyl (C=O) groups excluding carboxylic acids is 2. The second-order valence-corrected chi connectivity index (χ2v) is 2.54. The van der Waals surface area contributed by atoms with Crippen molar-refractivity contribution in [3.8, 4) is 0 Å². The van der Waals surface area contributed by atoms with E-state index < -0.39 is 0 Å². The van der Waals surface area contributed by atoms with Gasteiger partial charge in [0.25, 0.3) is 0 Å². The topological polar surface area (TPSA) is 34.1 Å².